The maximum Gasteiger partial charge on any atom is 0.250 e. The standard InChI is InChI=1S/C12H11N3OS.HI/c13-12(16)9-4-10(8-2-1-3-14-5-8)15-7-17-6-11(9)15;/h1-5H,6-7H2,(H2,13,16);1H. The Morgan fingerprint density at radius 2 is 2.33 bits per heavy atom. The zero-order chi connectivity index (χ0) is 11.8. The summed E-state index contributed by atoms with van der Waals surface area (Å²) in [6.07, 6.45) is 3.54. The van der Waals surface area contributed by atoms with E-state index in [1.165, 1.54) is 0 Å². The van der Waals surface area contributed by atoms with E-state index in [2.05, 4.69) is 9.55 Å². The second-order valence-corrected chi connectivity index (χ2v) is 4.86. The highest BCUT2D eigenvalue weighted by atomic mass is 127. The fourth-order valence-corrected chi connectivity index (χ4v) is 3.17. The van der Waals surface area contributed by atoms with Crippen molar-refractivity contribution in [2.24, 2.45) is 5.73 Å². The van der Waals surface area contributed by atoms with Crippen molar-refractivity contribution in [3.8, 4) is 11.3 Å². The number of thioether (sulfide) groups is 1. The summed E-state index contributed by atoms with van der Waals surface area (Å²) in [7, 11) is 0. The Labute approximate surface area is 126 Å². The number of rotatable bonds is 2. The molecule has 3 rings (SSSR count). The van der Waals surface area contributed by atoms with Crippen molar-refractivity contribution in [1.82, 2.24) is 9.55 Å². The van der Waals surface area contributed by atoms with Gasteiger partial charge in [-0.1, -0.05) is 0 Å². The fourth-order valence-electron chi connectivity index (χ4n) is 2.09. The molecule has 6 heteroatoms. The van der Waals surface area contributed by atoms with Crippen molar-refractivity contribution in [3.63, 3.8) is 0 Å². The zero-order valence-electron chi connectivity index (χ0n) is 9.50. The first-order valence-corrected chi connectivity index (χ1v) is 6.43. The highest BCUT2D eigenvalue weighted by molar-refractivity contribution is 14.0. The van der Waals surface area contributed by atoms with Gasteiger partial charge in [0.05, 0.1) is 17.1 Å². The fraction of sp³-hybridized carbons (Fsp3) is 0.167. The Kier molecular flexibility index (Phi) is 3.96. The van der Waals surface area contributed by atoms with Crippen molar-refractivity contribution in [2.45, 2.75) is 11.6 Å². The molecule has 0 spiro atoms. The summed E-state index contributed by atoms with van der Waals surface area (Å²) in [5.41, 5.74) is 9.10. The van der Waals surface area contributed by atoms with Gasteiger partial charge < -0.3 is 10.3 Å². The maximum atomic E-state index is 11.4. The Hall–Kier alpha value is -1.02. The van der Waals surface area contributed by atoms with Crippen LogP contribution in [-0.4, -0.2) is 15.5 Å². The molecule has 0 aromatic carbocycles. The first-order valence-electron chi connectivity index (χ1n) is 5.27. The van der Waals surface area contributed by atoms with Gasteiger partial charge in [0.1, 0.15) is 0 Å². The highest BCUT2D eigenvalue weighted by Crippen LogP contribution is 2.34. The number of nitrogens with two attached hydrogens (primary N) is 1. The van der Waals surface area contributed by atoms with Crippen molar-refractivity contribution >= 4 is 41.6 Å². The maximum absolute atomic E-state index is 11.4. The summed E-state index contributed by atoms with van der Waals surface area (Å²) in [6, 6.07) is 5.75. The van der Waals surface area contributed by atoms with Gasteiger partial charge in [0.25, 0.3) is 5.91 Å². The van der Waals surface area contributed by atoms with Gasteiger partial charge >= 0.3 is 0 Å². The molecule has 2 aromatic rings. The van der Waals surface area contributed by atoms with Gasteiger partial charge in [-0.15, -0.1) is 35.7 Å². The second kappa shape index (κ2) is 5.31. The number of primary amides is 1. The molecule has 3 heterocycles. The summed E-state index contributed by atoms with van der Waals surface area (Å²) in [6.45, 7) is 0. The minimum absolute atomic E-state index is 0. The number of pyridine rings is 1. The highest BCUT2D eigenvalue weighted by Gasteiger charge is 2.23. The Morgan fingerprint density at radius 3 is 3.00 bits per heavy atom. The SMILES string of the molecule is I.NC(=O)c1cc(-c2cccnc2)n2c1CSC2. The number of halogens is 1. The van der Waals surface area contributed by atoms with E-state index in [0.717, 1.165) is 28.6 Å². The van der Waals surface area contributed by atoms with Gasteiger partial charge in [-0.2, -0.15) is 0 Å². The summed E-state index contributed by atoms with van der Waals surface area (Å²) in [5.74, 6) is 1.36. The van der Waals surface area contributed by atoms with Crippen LogP contribution in [-0.2, 0) is 11.6 Å². The number of nitrogens with zero attached hydrogens (tertiary/aromatic N) is 2. The van der Waals surface area contributed by atoms with E-state index in [-0.39, 0.29) is 29.9 Å². The third-order valence-corrected chi connectivity index (χ3v) is 3.81. The summed E-state index contributed by atoms with van der Waals surface area (Å²) in [4.78, 5) is 15.5. The number of amides is 1. The lowest BCUT2D eigenvalue weighted by Gasteiger charge is -2.04. The molecule has 0 bridgehead atoms. The number of hydrogen-bond donors (Lipinski definition) is 1. The van der Waals surface area contributed by atoms with Gasteiger partial charge in [0.15, 0.2) is 0 Å². The molecule has 18 heavy (non-hydrogen) atoms. The first kappa shape index (κ1) is 13.4. The van der Waals surface area contributed by atoms with Crippen LogP contribution in [0.4, 0.5) is 0 Å². The van der Waals surface area contributed by atoms with E-state index in [1.807, 2.05) is 18.2 Å². The minimum atomic E-state index is -0.355. The molecule has 94 valence electrons. The Morgan fingerprint density at radius 1 is 1.50 bits per heavy atom. The van der Waals surface area contributed by atoms with Gasteiger partial charge in [-0.25, -0.2) is 0 Å². The average molecular weight is 373 g/mol. The monoisotopic (exact) mass is 373 g/mol. The van der Waals surface area contributed by atoms with E-state index in [4.69, 9.17) is 5.73 Å². The number of aromatic nitrogens is 2. The van der Waals surface area contributed by atoms with Gasteiger partial charge in [-0.05, 0) is 18.2 Å². The molecule has 1 aliphatic rings. The van der Waals surface area contributed by atoms with Crippen LogP contribution < -0.4 is 5.73 Å². The molecule has 4 nitrogen and oxygen atoms in total. The number of hydrogen-bond acceptors (Lipinski definition) is 3. The largest absolute Gasteiger partial charge is 0.366 e. The van der Waals surface area contributed by atoms with Crippen LogP contribution in [0.15, 0.2) is 30.6 Å². The van der Waals surface area contributed by atoms with Crippen molar-refractivity contribution in [1.29, 1.82) is 0 Å². The predicted molar refractivity (Wildman–Crippen MR) is 82.9 cm³/mol. The summed E-state index contributed by atoms with van der Waals surface area (Å²) < 4.78 is 2.14. The third-order valence-electron chi connectivity index (χ3n) is 2.89. The molecular formula is C12H12IN3OS. The lowest BCUT2D eigenvalue weighted by Crippen LogP contribution is -2.12. The molecule has 0 atom stereocenters. The van der Waals surface area contributed by atoms with E-state index in [0.29, 0.717) is 5.56 Å². The first-order chi connectivity index (χ1) is 8.27. The smallest absolute Gasteiger partial charge is 0.250 e. The Balaban J connectivity index is 0.00000120. The third kappa shape index (κ3) is 2.14. The van der Waals surface area contributed by atoms with Crippen LogP contribution in [0, 0.1) is 0 Å². The lowest BCUT2D eigenvalue weighted by atomic mass is 10.2. The lowest BCUT2D eigenvalue weighted by molar-refractivity contribution is 0.0999. The van der Waals surface area contributed by atoms with Gasteiger partial charge in [0.2, 0.25) is 0 Å². The van der Waals surface area contributed by atoms with Crippen molar-refractivity contribution < 1.29 is 4.79 Å². The van der Waals surface area contributed by atoms with Crippen molar-refractivity contribution in [2.75, 3.05) is 0 Å². The van der Waals surface area contributed by atoms with Gasteiger partial charge in [-0.3, -0.25) is 9.78 Å². The quantitative estimate of drug-likeness (QED) is 0.823. The molecule has 2 aromatic heterocycles. The average Bonchev–Trinajstić information content (AvgIpc) is 2.90. The molecule has 0 saturated heterocycles. The minimum Gasteiger partial charge on any atom is -0.366 e. The molecule has 1 aliphatic heterocycles. The van der Waals surface area contributed by atoms with Gasteiger partial charge in [0, 0.05) is 29.4 Å². The number of carbonyl (C=O) groups is 1. The molecule has 0 saturated carbocycles. The molecular weight excluding hydrogens is 361 g/mol. The van der Waals surface area contributed by atoms with Crippen LogP contribution in [0.1, 0.15) is 16.1 Å². The Bertz CT molecular complexity index is 583. The molecule has 1 amide bonds. The van der Waals surface area contributed by atoms with Crippen LogP contribution in [0.25, 0.3) is 11.3 Å². The molecule has 0 unspecified atom stereocenters. The molecule has 2 N–H and O–H groups in total. The van der Waals surface area contributed by atoms with E-state index in [1.54, 1.807) is 24.2 Å². The van der Waals surface area contributed by atoms with Crippen LogP contribution in [0.3, 0.4) is 0 Å². The summed E-state index contributed by atoms with van der Waals surface area (Å²) >= 11 is 1.78. The topological polar surface area (TPSA) is 60.9 Å². The van der Waals surface area contributed by atoms with Crippen LogP contribution in [0.5, 0.6) is 0 Å². The number of carbonyl (C=O) groups excluding carboxylic acids is 1. The van der Waals surface area contributed by atoms with E-state index in [9.17, 15) is 4.79 Å². The predicted octanol–water partition coefficient (Wildman–Crippen LogP) is 2.47. The second-order valence-electron chi connectivity index (χ2n) is 3.90. The zero-order valence-corrected chi connectivity index (χ0v) is 12.6. The molecule has 0 aliphatic carbocycles. The normalized spacial score (nSPS) is 12.9. The van der Waals surface area contributed by atoms with Crippen molar-refractivity contribution in [3.05, 3.63) is 41.9 Å². The molecule has 0 fully saturated rings. The van der Waals surface area contributed by atoms with E-state index < -0.39 is 0 Å². The number of fused-ring (bicyclic) bond motifs is 1. The van der Waals surface area contributed by atoms with Crippen LogP contribution in [0.2, 0.25) is 0 Å². The van der Waals surface area contributed by atoms with Crippen LogP contribution >= 0.6 is 35.7 Å². The van der Waals surface area contributed by atoms with E-state index >= 15 is 0 Å². The molecule has 0 radical (unpaired) electrons. The summed E-state index contributed by atoms with van der Waals surface area (Å²) in [5, 5.41) is 0.